The molecule has 1 aliphatic heterocycles. The Balaban J connectivity index is 2.02. The fourth-order valence-corrected chi connectivity index (χ4v) is 2.98. The average molecular weight is 288 g/mol. The molecule has 2 aromatic rings. The first-order chi connectivity index (χ1) is 9.97. The van der Waals surface area contributed by atoms with Gasteiger partial charge in [0.1, 0.15) is 0 Å². The Morgan fingerprint density at radius 3 is 2.90 bits per heavy atom. The van der Waals surface area contributed by atoms with Crippen molar-refractivity contribution < 1.29 is 4.79 Å². The second kappa shape index (κ2) is 5.02. The second-order valence-electron chi connectivity index (χ2n) is 5.99. The van der Waals surface area contributed by atoms with Gasteiger partial charge in [-0.2, -0.15) is 0 Å². The highest BCUT2D eigenvalue weighted by Gasteiger charge is 2.32. The number of nitrogens with zero attached hydrogens (tertiary/aromatic N) is 3. The molecule has 0 bridgehead atoms. The van der Waals surface area contributed by atoms with Gasteiger partial charge in [0.2, 0.25) is 5.91 Å². The van der Waals surface area contributed by atoms with E-state index in [1.54, 1.807) is 6.92 Å². The number of likely N-dealkylation sites (tertiary alicyclic amines) is 1. The molecule has 3 heterocycles. The summed E-state index contributed by atoms with van der Waals surface area (Å²) in [5.74, 6) is 0.144. The molecule has 1 saturated heterocycles. The summed E-state index contributed by atoms with van der Waals surface area (Å²) in [6.07, 6.45) is 1.90. The largest absolute Gasteiger partial charge is 0.334 e. The van der Waals surface area contributed by atoms with Gasteiger partial charge in [-0.25, -0.2) is 9.50 Å². The summed E-state index contributed by atoms with van der Waals surface area (Å²) in [5, 5.41) is 3.10. The fraction of sp³-hybridized carbons (Fsp3) is 0.533. The third-order valence-electron chi connectivity index (χ3n) is 3.99. The first-order valence-corrected chi connectivity index (χ1v) is 7.37. The molecule has 112 valence electrons. The maximum Gasteiger partial charge on any atom is 0.272 e. The van der Waals surface area contributed by atoms with E-state index in [1.807, 2.05) is 24.8 Å². The van der Waals surface area contributed by atoms with Crippen molar-refractivity contribution in [1.82, 2.24) is 19.5 Å². The van der Waals surface area contributed by atoms with E-state index in [-0.39, 0.29) is 23.4 Å². The van der Waals surface area contributed by atoms with Crippen LogP contribution in [0.5, 0.6) is 0 Å². The zero-order valence-corrected chi connectivity index (χ0v) is 12.6. The van der Waals surface area contributed by atoms with Crippen molar-refractivity contribution in [2.24, 2.45) is 5.92 Å². The zero-order chi connectivity index (χ0) is 15.1. The topological polar surface area (TPSA) is 70.5 Å². The standard InChI is InChI=1S/C15H20N4O2/c1-9(2)15(21)18-6-4-5-12(18)11-8-13-16-10(3)7-14(20)19(13)17-11/h7-9,12,17H,4-6H2,1-3H3/t12-/m1/s1. The summed E-state index contributed by atoms with van der Waals surface area (Å²) >= 11 is 0. The molecular formula is C15H20N4O2. The number of carbonyl (C=O) groups is 1. The van der Waals surface area contributed by atoms with Gasteiger partial charge in [0.15, 0.2) is 5.65 Å². The van der Waals surface area contributed by atoms with E-state index in [0.29, 0.717) is 11.3 Å². The van der Waals surface area contributed by atoms with Crippen molar-refractivity contribution in [3.05, 3.63) is 33.9 Å². The molecule has 21 heavy (non-hydrogen) atoms. The second-order valence-corrected chi connectivity index (χ2v) is 5.99. The van der Waals surface area contributed by atoms with E-state index in [4.69, 9.17) is 0 Å². The lowest BCUT2D eigenvalue weighted by Crippen LogP contribution is -2.34. The molecule has 0 spiro atoms. The molecule has 3 rings (SSSR count). The van der Waals surface area contributed by atoms with Gasteiger partial charge in [0.25, 0.3) is 5.56 Å². The minimum Gasteiger partial charge on any atom is -0.334 e. The van der Waals surface area contributed by atoms with Gasteiger partial charge >= 0.3 is 0 Å². The maximum absolute atomic E-state index is 12.3. The van der Waals surface area contributed by atoms with Crippen LogP contribution in [0.1, 0.15) is 44.1 Å². The predicted octanol–water partition coefficient (Wildman–Crippen LogP) is 1.65. The number of aromatic amines is 1. The Hall–Kier alpha value is -2.11. The third kappa shape index (κ3) is 2.34. The molecule has 1 N–H and O–H groups in total. The number of rotatable bonds is 2. The van der Waals surface area contributed by atoms with Crippen molar-refractivity contribution in [2.45, 2.75) is 39.7 Å². The molecule has 1 amide bonds. The van der Waals surface area contributed by atoms with Crippen LogP contribution in [-0.4, -0.2) is 31.9 Å². The van der Waals surface area contributed by atoms with Crippen LogP contribution < -0.4 is 5.56 Å². The summed E-state index contributed by atoms with van der Waals surface area (Å²) in [5.41, 5.74) is 2.08. The summed E-state index contributed by atoms with van der Waals surface area (Å²) in [6, 6.07) is 3.39. The number of nitrogens with one attached hydrogen (secondary N) is 1. The maximum atomic E-state index is 12.3. The molecular weight excluding hydrogens is 268 g/mol. The Bertz CT molecular complexity index is 744. The van der Waals surface area contributed by atoms with Crippen molar-refractivity contribution in [3.8, 4) is 0 Å². The molecule has 0 radical (unpaired) electrons. The SMILES string of the molecule is Cc1cc(=O)n2[nH]c([C@H]3CCCN3C(=O)C(C)C)cc2n1. The molecule has 2 aromatic heterocycles. The Kier molecular flexibility index (Phi) is 3.31. The lowest BCUT2D eigenvalue weighted by atomic mass is 10.1. The van der Waals surface area contributed by atoms with Crippen LogP contribution in [0.4, 0.5) is 0 Å². The van der Waals surface area contributed by atoms with Crippen molar-refractivity contribution in [2.75, 3.05) is 6.54 Å². The van der Waals surface area contributed by atoms with Gasteiger partial charge in [-0.3, -0.25) is 14.7 Å². The van der Waals surface area contributed by atoms with Crippen molar-refractivity contribution in [1.29, 1.82) is 0 Å². The third-order valence-corrected chi connectivity index (χ3v) is 3.99. The van der Waals surface area contributed by atoms with Crippen LogP contribution in [0.15, 0.2) is 16.9 Å². The predicted molar refractivity (Wildman–Crippen MR) is 79.1 cm³/mol. The Morgan fingerprint density at radius 2 is 2.19 bits per heavy atom. The lowest BCUT2D eigenvalue weighted by Gasteiger charge is -2.25. The van der Waals surface area contributed by atoms with Gasteiger partial charge in [-0.1, -0.05) is 13.8 Å². The highest BCUT2D eigenvalue weighted by Crippen LogP contribution is 2.32. The molecule has 1 aliphatic rings. The minimum atomic E-state index is -0.122. The Morgan fingerprint density at radius 1 is 1.43 bits per heavy atom. The minimum absolute atomic E-state index is 0.0151. The van der Waals surface area contributed by atoms with Gasteiger partial charge in [-0.05, 0) is 19.8 Å². The van der Waals surface area contributed by atoms with E-state index < -0.39 is 0 Å². The zero-order valence-electron chi connectivity index (χ0n) is 12.6. The number of aromatic nitrogens is 3. The molecule has 6 nitrogen and oxygen atoms in total. The van der Waals surface area contributed by atoms with Crippen LogP contribution in [0.25, 0.3) is 5.65 Å². The first kappa shape index (κ1) is 13.9. The smallest absolute Gasteiger partial charge is 0.272 e. The number of fused-ring (bicyclic) bond motifs is 1. The summed E-state index contributed by atoms with van der Waals surface area (Å²) < 4.78 is 1.44. The highest BCUT2D eigenvalue weighted by atomic mass is 16.2. The first-order valence-electron chi connectivity index (χ1n) is 7.37. The molecule has 6 heteroatoms. The molecule has 0 aromatic carbocycles. The molecule has 1 fully saturated rings. The highest BCUT2D eigenvalue weighted by molar-refractivity contribution is 5.78. The van der Waals surface area contributed by atoms with Crippen LogP contribution in [0.2, 0.25) is 0 Å². The number of amides is 1. The molecule has 0 saturated carbocycles. The van der Waals surface area contributed by atoms with Crippen LogP contribution in [0.3, 0.4) is 0 Å². The summed E-state index contributed by atoms with van der Waals surface area (Å²) in [7, 11) is 0. The van der Waals surface area contributed by atoms with Gasteiger partial charge in [0, 0.05) is 30.3 Å². The average Bonchev–Trinajstić information content (AvgIpc) is 3.02. The fourth-order valence-electron chi connectivity index (χ4n) is 2.98. The monoisotopic (exact) mass is 288 g/mol. The van der Waals surface area contributed by atoms with E-state index in [9.17, 15) is 9.59 Å². The number of aryl methyl sites for hydroxylation is 1. The summed E-state index contributed by atoms with van der Waals surface area (Å²) in [4.78, 5) is 30.5. The molecule has 0 unspecified atom stereocenters. The quantitative estimate of drug-likeness (QED) is 0.913. The van der Waals surface area contributed by atoms with Crippen LogP contribution in [-0.2, 0) is 4.79 Å². The van der Waals surface area contributed by atoms with Gasteiger partial charge in [-0.15, -0.1) is 0 Å². The molecule has 1 atom stereocenters. The Labute approximate surface area is 122 Å². The number of hydrogen-bond acceptors (Lipinski definition) is 3. The van der Waals surface area contributed by atoms with E-state index in [0.717, 1.165) is 25.1 Å². The molecule has 0 aliphatic carbocycles. The number of hydrogen-bond donors (Lipinski definition) is 1. The van der Waals surface area contributed by atoms with Gasteiger partial charge < -0.3 is 4.90 Å². The number of carbonyl (C=O) groups excluding carboxylic acids is 1. The van der Waals surface area contributed by atoms with Crippen molar-refractivity contribution >= 4 is 11.6 Å². The van der Waals surface area contributed by atoms with E-state index in [2.05, 4.69) is 10.1 Å². The van der Waals surface area contributed by atoms with Crippen LogP contribution in [0, 0.1) is 12.8 Å². The van der Waals surface area contributed by atoms with Gasteiger partial charge in [0.05, 0.1) is 11.7 Å². The normalized spacial score (nSPS) is 18.9. The van der Waals surface area contributed by atoms with Crippen molar-refractivity contribution in [3.63, 3.8) is 0 Å². The van der Waals surface area contributed by atoms with E-state index >= 15 is 0 Å². The number of H-pyrrole nitrogens is 1. The lowest BCUT2D eigenvalue weighted by molar-refractivity contribution is -0.135. The van der Waals surface area contributed by atoms with E-state index in [1.165, 1.54) is 10.6 Å². The summed E-state index contributed by atoms with van der Waals surface area (Å²) in [6.45, 7) is 6.41. The van der Waals surface area contributed by atoms with Crippen LogP contribution >= 0.6 is 0 Å².